The summed E-state index contributed by atoms with van der Waals surface area (Å²) in [7, 11) is 0. The van der Waals surface area contributed by atoms with Gasteiger partial charge >= 0.3 is 0 Å². The Morgan fingerprint density at radius 3 is 2.41 bits per heavy atom. The molecule has 0 aromatic carbocycles. The first-order chi connectivity index (χ1) is 15.3. The van der Waals surface area contributed by atoms with E-state index in [-0.39, 0.29) is 23.4 Å². The Labute approximate surface area is 192 Å². The van der Waals surface area contributed by atoms with Crippen molar-refractivity contribution in [2.45, 2.75) is 91.1 Å². The molecule has 0 radical (unpaired) electrons. The molecule has 32 heavy (non-hydrogen) atoms. The van der Waals surface area contributed by atoms with Gasteiger partial charge in [-0.2, -0.15) is 5.26 Å². The van der Waals surface area contributed by atoms with Gasteiger partial charge < -0.3 is 14.8 Å². The highest BCUT2D eigenvalue weighted by Crippen LogP contribution is 2.32. The minimum Gasteiger partial charge on any atom is -0.349 e. The van der Waals surface area contributed by atoms with E-state index in [1.54, 1.807) is 6.08 Å². The van der Waals surface area contributed by atoms with Crippen LogP contribution in [0.25, 0.3) is 6.08 Å². The van der Waals surface area contributed by atoms with E-state index in [2.05, 4.69) is 35.9 Å². The molecule has 1 N–H and O–H groups in total. The minimum atomic E-state index is -0.318. The summed E-state index contributed by atoms with van der Waals surface area (Å²) >= 11 is 0. The molecule has 1 aromatic heterocycles. The predicted molar refractivity (Wildman–Crippen MR) is 127 cm³/mol. The summed E-state index contributed by atoms with van der Waals surface area (Å²) < 4.78 is 2.39. The molecule has 1 saturated heterocycles. The highest BCUT2D eigenvalue weighted by atomic mass is 16.2. The first-order valence-electron chi connectivity index (χ1n) is 12.2. The first kappa shape index (κ1) is 24.1. The van der Waals surface area contributed by atoms with Crippen LogP contribution in [0.4, 0.5) is 0 Å². The lowest BCUT2D eigenvalue weighted by molar-refractivity contribution is -0.133. The number of aromatic nitrogens is 1. The standard InChI is InChI=1S/C26H38N4O2/c1-18(2)14-25(31)29-12-10-23(11-13-29)28-26(32)22(17-27)16-21-15-19(3)30(20(21)4)24-8-6-5-7-9-24/h15-16,18,23-24H,5-14H2,1-4H3,(H,28,32)/b22-16+. The van der Waals surface area contributed by atoms with Crippen molar-refractivity contribution in [2.75, 3.05) is 13.1 Å². The number of aryl methyl sites for hydroxylation is 1. The van der Waals surface area contributed by atoms with Crippen LogP contribution in [0.2, 0.25) is 0 Å². The molecule has 2 fully saturated rings. The summed E-state index contributed by atoms with van der Waals surface area (Å²) in [6, 6.07) is 4.71. The maximum atomic E-state index is 12.8. The number of nitriles is 1. The van der Waals surface area contributed by atoms with E-state index in [1.807, 2.05) is 18.7 Å². The maximum absolute atomic E-state index is 12.8. The third kappa shape index (κ3) is 5.82. The topological polar surface area (TPSA) is 78.1 Å². The van der Waals surface area contributed by atoms with Gasteiger partial charge in [0.15, 0.2) is 0 Å². The molecule has 3 rings (SSSR count). The molecule has 0 unspecified atom stereocenters. The molecular formula is C26H38N4O2. The molecule has 2 aliphatic rings. The summed E-state index contributed by atoms with van der Waals surface area (Å²) in [4.78, 5) is 27.0. The van der Waals surface area contributed by atoms with E-state index in [0.29, 0.717) is 31.5 Å². The Kier molecular flexibility index (Phi) is 8.17. The van der Waals surface area contributed by atoms with E-state index in [1.165, 1.54) is 37.8 Å². The number of hydrogen-bond acceptors (Lipinski definition) is 3. The smallest absolute Gasteiger partial charge is 0.262 e. The van der Waals surface area contributed by atoms with Crippen molar-refractivity contribution >= 4 is 17.9 Å². The second-order valence-electron chi connectivity index (χ2n) is 9.88. The molecule has 174 valence electrons. The van der Waals surface area contributed by atoms with Crippen LogP contribution in [0, 0.1) is 31.1 Å². The van der Waals surface area contributed by atoms with E-state index < -0.39 is 0 Å². The van der Waals surface area contributed by atoms with Gasteiger partial charge in [0.1, 0.15) is 11.6 Å². The third-order valence-corrected chi connectivity index (χ3v) is 6.89. The quantitative estimate of drug-likeness (QED) is 0.518. The number of rotatable bonds is 6. The van der Waals surface area contributed by atoms with Gasteiger partial charge in [0.25, 0.3) is 5.91 Å². The van der Waals surface area contributed by atoms with Gasteiger partial charge in [0.05, 0.1) is 0 Å². The molecular weight excluding hydrogens is 400 g/mol. The zero-order chi connectivity index (χ0) is 23.3. The summed E-state index contributed by atoms with van der Waals surface area (Å²) in [5.41, 5.74) is 3.42. The zero-order valence-electron chi connectivity index (χ0n) is 20.1. The summed E-state index contributed by atoms with van der Waals surface area (Å²) in [5, 5.41) is 12.7. The number of nitrogens with one attached hydrogen (secondary N) is 1. The van der Waals surface area contributed by atoms with Crippen molar-refractivity contribution in [1.29, 1.82) is 5.26 Å². The lowest BCUT2D eigenvalue weighted by atomic mass is 9.95. The zero-order valence-corrected chi connectivity index (χ0v) is 20.1. The van der Waals surface area contributed by atoms with Gasteiger partial charge in [-0.3, -0.25) is 9.59 Å². The minimum absolute atomic E-state index is 0.00276. The van der Waals surface area contributed by atoms with Crippen LogP contribution in [0.15, 0.2) is 11.6 Å². The van der Waals surface area contributed by atoms with Crippen molar-refractivity contribution < 1.29 is 9.59 Å². The molecule has 2 heterocycles. The second kappa shape index (κ2) is 10.8. The van der Waals surface area contributed by atoms with E-state index in [9.17, 15) is 14.9 Å². The Bertz CT molecular complexity index is 892. The Balaban J connectivity index is 1.63. The molecule has 0 spiro atoms. The van der Waals surface area contributed by atoms with Crippen LogP contribution < -0.4 is 5.32 Å². The van der Waals surface area contributed by atoms with E-state index in [4.69, 9.17) is 0 Å². The van der Waals surface area contributed by atoms with Gasteiger partial charge in [0.2, 0.25) is 5.91 Å². The molecule has 1 aliphatic heterocycles. The fourth-order valence-corrected chi connectivity index (χ4v) is 5.17. The Hall–Kier alpha value is -2.55. The first-order valence-corrected chi connectivity index (χ1v) is 12.2. The Morgan fingerprint density at radius 2 is 1.81 bits per heavy atom. The number of nitrogens with zero attached hydrogens (tertiary/aromatic N) is 3. The monoisotopic (exact) mass is 438 g/mol. The van der Waals surface area contributed by atoms with E-state index in [0.717, 1.165) is 24.1 Å². The van der Waals surface area contributed by atoms with E-state index >= 15 is 0 Å². The second-order valence-corrected chi connectivity index (χ2v) is 9.88. The van der Waals surface area contributed by atoms with Gasteiger partial charge in [-0.15, -0.1) is 0 Å². The average molecular weight is 439 g/mol. The van der Waals surface area contributed by atoms with Gasteiger partial charge in [-0.25, -0.2) is 0 Å². The van der Waals surface area contributed by atoms with Crippen LogP contribution in [-0.4, -0.2) is 40.4 Å². The van der Waals surface area contributed by atoms with Gasteiger partial charge in [-0.1, -0.05) is 33.1 Å². The van der Waals surface area contributed by atoms with Crippen LogP contribution in [0.3, 0.4) is 0 Å². The van der Waals surface area contributed by atoms with Crippen molar-refractivity contribution in [3.63, 3.8) is 0 Å². The predicted octanol–water partition coefficient (Wildman–Crippen LogP) is 4.67. The van der Waals surface area contributed by atoms with Crippen molar-refractivity contribution in [3.8, 4) is 6.07 Å². The molecule has 0 bridgehead atoms. The largest absolute Gasteiger partial charge is 0.349 e. The summed E-state index contributed by atoms with van der Waals surface area (Å²) in [5.74, 6) is 0.223. The number of carbonyl (C=O) groups is 2. The number of amides is 2. The summed E-state index contributed by atoms with van der Waals surface area (Å²) in [6.45, 7) is 9.61. The molecule has 6 heteroatoms. The number of piperidine rings is 1. The van der Waals surface area contributed by atoms with Crippen LogP contribution in [0.1, 0.15) is 88.2 Å². The average Bonchev–Trinajstić information content (AvgIpc) is 3.05. The normalized spacial score (nSPS) is 18.6. The fourth-order valence-electron chi connectivity index (χ4n) is 5.17. The SMILES string of the molecule is Cc1cc(/C=C(\C#N)C(=O)NC2CCN(C(=O)CC(C)C)CC2)c(C)n1C1CCCCC1. The molecule has 1 aliphatic carbocycles. The molecule has 0 atom stereocenters. The van der Waals surface area contributed by atoms with Crippen LogP contribution >= 0.6 is 0 Å². The molecule has 6 nitrogen and oxygen atoms in total. The summed E-state index contributed by atoms with van der Waals surface area (Å²) in [6.07, 6.45) is 9.99. The van der Waals surface area contributed by atoms with Crippen molar-refractivity contribution in [3.05, 3.63) is 28.6 Å². The van der Waals surface area contributed by atoms with Gasteiger partial charge in [-0.05, 0) is 63.2 Å². The number of hydrogen-bond donors (Lipinski definition) is 1. The highest BCUT2D eigenvalue weighted by molar-refractivity contribution is 6.02. The van der Waals surface area contributed by atoms with Crippen LogP contribution in [0.5, 0.6) is 0 Å². The lowest BCUT2D eigenvalue weighted by Crippen LogP contribution is -2.47. The number of likely N-dealkylation sites (tertiary alicyclic amines) is 1. The molecule has 1 aromatic rings. The molecule has 2 amide bonds. The maximum Gasteiger partial charge on any atom is 0.262 e. The Morgan fingerprint density at radius 1 is 1.16 bits per heavy atom. The fraction of sp³-hybridized carbons (Fsp3) is 0.654. The molecule has 1 saturated carbocycles. The third-order valence-electron chi connectivity index (χ3n) is 6.89. The number of carbonyl (C=O) groups excluding carboxylic acids is 2. The lowest BCUT2D eigenvalue weighted by Gasteiger charge is -2.32. The van der Waals surface area contributed by atoms with Crippen LogP contribution in [-0.2, 0) is 9.59 Å². The van der Waals surface area contributed by atoms with Gasteiger partial charge in [0, 0.05) is 43.0 Å². The highest BCUT2D eigenvalue weighted by Gasteiger charge is 2.25. The van der Waals surface area contributed by atoms with Crippen molar-refractivity contribution in [2.24, 2.45) is 5.92 Å². The van der Waals surface area contributed by atoms with Crippen molar-refractivity contribution in [1.82, 2.24) is 14.8 Å².